The number of nitrogens with one attached hydrogen (secondary N) is 2. The van der Waals surface area contributed by atoms with E-state index in [-0.39, 0.29) is 22.9 Å². The summed E-state index contributed by atoms with van der Waals surface area (Å²) in [6.45, 7) is -1.64. The largest absolute Gasteiger partial charge is 0.493 e. The number of nitro groups is 1. The lowest BCUT2D eigenvalue weighted by molar-refractivity contribution is -0.432. The van der Waals surface area contributed by atoms with E-state index in [4.69, 9.17) is 4.74 Å². The molecule has 8 nitrogen and oxygen atoms in total. The van der Waals surface area contributed by atoms with Gasteiger partial charge in [0.2, 0.25) is 0 Å². The number of carbonyl (C=O) groups is 1. The summed E-state index contributed by atoms with van der Waals surface area (Å²) in [7, 11) is 1.24. The minimum absolute atomic E-state index is 0.0315. The number of halogens is 2. The zero-order valence-corrected chi connectivity index (χ0v) is 12.1. The number of allylic oxidation sites excluding steroid dienone is 1. The molecule has 0 bridgehead atoms. The van der Waals surface area contributed by atoms with E-state index >= 15 is 0 Å². The number of hydrogen-bond acceptors (Lipinski definition) is 5. The summed E-state index contributed by atoms with van der Waals surface area (Å²) in [6, 6.07) is 2.18. The fourth-order valence-electron chi connectivity index (χ4n) is 2.23. The van der Waals surface area contributed by atoms with Gasteiger partial charge >= 0.3 is 12.6 Å². The molecule has 0 aromatic heterocycles. The van der Waals surface area contributed by atoms with Crippen LogP contribution in [-0.2, 0) is 0 Å². The molecular formula is C13H13F2N3O5. The Morgan fingerprint density at radius 1 is 1.35 bits per heavy atom. The van der Waals surface area contributed by atoms with Gasteiger partial charge in [-0.1, -0.05) is 6.07 Å². The molecule has 0 saturated carbocycles. The zero-order valence-electron chi connectivity index (χ0n) is 12.1. The first-order valence-electron chi connectivity index (χ1n) is 6.39. The molecule has 1 aromatic carbocycles. The van der Waals surface area contributed by atoms with Crippen molar-refractivity contribution in [3.05, 3.63) is 45.3 Å². The first kappa shape index (κ1) is 16.5. The van der Waals surface area contributed by atoms with Crippen LogP contribution in [0.3, 0.4) is 0 Å². The van der Waals surface area contributed by atoms with Crippen LogP contribution in [-0.4, -0.2) is 24.7 Å². The molecule has 0 saturated heterocycles. The van der Waals surface area contributed by atoms with Gasteiger partial charge in [0.1, 0.15) is 6.04 Å². The number of amides is 2. The Morgan fingerprint density at radius 2 is 2.04 bits per heavy atom. The number of benzene rings is 1. The van der Waals surface area contributed by atoms with Crippen LogP contribution in [0.25, 0.3) is 0 Å². The molecule has 2 N–H and O–H groups in total. The minimum atomic E-state index is -3.04. The molecule has 10 heteroatoms. The smallest absolute Gasteiger partial charge is 0.387 e. The first-order valence-corrected chi connectivity index (χ1v) is 6.39. The highest BCUT2D eigenvalue weighted by atomic mass is 19.3. The molecule has 0 fully saturated rings. The minimum Gasteiger partial charge on any atom is -0.493 e. The van der Waals surface area contributed by atoms with E-state index in [1.54, 1.807) is 0 Å². The summed E-state index contributed by atoms with van der Waals surface area (Å²) in [4.78, 5) is 22.2. The number of alkyl halides is 2. The Kier molecular flexibility index (Phi) is 4.63. The molecule has 1 aromatic rings. The van der Waals surface area contributed by atoms with Crippen LogP contribution in [0, 0.1) is 10.1 Å². The van der Waals surface area contributed by atoms with Crippen molar-refractivity contribution in [2.75, 3.05) is 7.11 Å². The highest BCUT2D eigenvalue weighted by Gasteiger charge is 2.35. The molecule has 1 aliphatic rings. The van der Waals surface area contributed by atoms with E-state index in [0.717, 1.165) is 0 Å². The van der Waals surface area contributed by atoms with Gasteiger partial charge in [-0.05, 0) is 24.6 Å². The van der Waals surface area contributed by atoms with Gasteiger partial charge in [0.15, 0.2) is 11.5 Å². The summed E-state index contributed by atoms with van der Waals surface area (Å²) < 4.78 is 33.9. The van der Waals surface area contributed by atoms with Gasteiger partial charge in [0, 0.05) is 0 Å². The maximum atomic E-state index is 12.3. The molecule has 1 aliphatic heterocycles. The quantitative estimate of drug-likeness (QED) is 0.636. The lowest BCUT2D eigenvalue weighted by Crippen LogP contribution is -2.45. The number of ether oxygens (including phenoxy) is 2. The van der Waals surface area contributed by atoms with Gasteiger partial charge in [-0.15, -0.1) is 0 Å². The zero-order chi connectivity index (χ0) is 17.1. The molecule has 0 spiro atoms. The van der Waals surface area contributed by atoms with E-state index in [1.807, 2.05) is 0 Å². The van der Waals surface area contributed by atoms with E-state index in [0.29, 0.717) is 5.56 Å². The molecule has 2 rings (SSSR count). The molecule has 124 valence electrons. The predicted molar refractivity (Wildman–Crippen MR) is 73.7 cm³/mol. The molecule has 0 radical (unpaired) electrons. The Morgan fingerprint density at radius 3 is 2.61 bits per heavy atom. The maximum absolute atomic E-state index is 12.3. The lowest BCUT2D eigenvalue weighted by Gasteiger charge is -2.24. The van der Waals surface area contributed by atoms with Crippen LogP contribution in [0.2, 0.25) is 0 Å². The van der Waals surface area contributed by atoms with Crippen molar-refractivity contribution in [1.29, 1.82) is 0 Å². The van der Waals surface area contributed by atoms with Crippen molar-refractivity contribution >= 4 is 6.03 Å². The van der Waals surface area contributed by atoms with Gasteiger partial charge in [-0.2, -0.15) is 8.78 Å². The summed E-state index contributed by atoms with van der Waals surface area (Å²) in [5.41, 5.74) is 0.133. The number of nitrogens with zero attached hydrogens (tertiary/aromatic N) is 1. The third-order valence-corrected chi connectivity index (χ3v) is 3.17. The Labute approximate surface area is 129 Å². The summed E-state index contributed by atoms with van der Waals surface area (Å²) in [6.07, 6.45) is 0. The van der Waals surface area contributed by atoms with Gasteiger partial charge < -0.3 is 20.1 Å². The molecule has 0 unspecified atom stereocenters. The molecule has 1 atom stereocenters. The topological polar surface area (TPSA) is 103 Å². The van der Waals surface area contributed by atoms with Crippen molar-refractivity contribution in [3.8, 4) is 11.5 Å². The SMILES string of the molecule is COc1cc([C@H]2NC(=O)NC(C)=C2[N+](=O)[O-])ccc1OC(F)F. The van der Waals surface area contributed by atoms with Crippen LogP contribution in [0.15, 0.2) is 29.6 Å². The first-order chi connectivity index (χ1) is 10.8. The van der Waals surface area contributed by atoms with Crippen molar-refractivity contribution < 1.29 is 28.0 Å². The van der Waals surface area contributed by atoms with Crippen LogP contribution in [0.5, 0.6) is 11.5 Å². The highest BCUT2D eigenvalue weighted by molar-refractivity contribution is 5.78. The monoisotopic (exact) mass is 329 g/mol. The molecule has 1 heterocycles. The molecule has 0 aliphatic carbocycles. The Bertz CT molecular complexity index is 678. The van der Waals surface area contributed by atoms with E-state index in [1.165, 1.54) is 32.2 Å². The third kappa shape index (κ3) is 3.47. The van der Waals surface area contributed by atoms with Crippen molar-refractivity contribution in [3.63, 3.8) is 0 Å². The fourth-order valence-corrected chi connectivity index (χ4v) is 2.23. The van der Waals surface area contributed by atoms with Crippen LogP contribution >= 0.6 is 0 Å². The van der Waals surface area contributed by atoms with Crippen molar-refractivity contribution in [2.24, 2.45) is 0 Å². The number of carbonyl (C=O) groups excluding carboxylic acids is 1. The van der Waals surface area contributed by atoms with Crippen LogP contribution in [0.1, 0.15) is 18.5 Å². The van der Waals surface area contributed by atoms with E-state index < -0.39 is 23.6 Å². The van der Waals surface area contributed by atoms with Crippen LogP contribution in [0.4, 0.5) is 13.6 Å². The Balaban J connectivity index is 2.45. The molecule has 2 amide bonds. The second kappa shape index (κ2) is 6.46. The number of urea groups is 1. The second-order valence-electron chi connectivity index (χ2n) is 4.59. The van der Waals surface area contributed by atoms with Crippen molar-refractivity contribution in [1.82, 2.24) is 10.6 Å². The Hall–Kier alpha value is -2.91. The van der Waals surface area contributed by atoms with Gasteiger partial charge in [-0.25, -0.2) is 4.79 Å². The van der Waals surface area contributed by atoms with E-state index in [9.17, 15) is 23.7 Å². The van der Waals surface area contributed by atoms with Gasteiger partial charge in [-0.3, -0.25) is 10.1 Å². The van der Waals surface area contributed by atoms with E-state index in [2.05, 4.69) is 15.4 Å². The number of hydrogen-bond donors (Lipinski definition) is 2. The summed E-state index contributed by atoms with van der Waals surface area (Å²) >= 11 is 0. The highest BCUT2D eigenvalue weighted by Crippen LogP contribution is 2.34. The van der Waals surface area contributed by atoms with Crippen molar-refractivity contribution in [2.45, 2.75) is 19.6 Å². The van der Waals surface area contributed by atoms with Gasteiger partial charge in [0.05, 0.1) is 17.7 Å². The normalized spacial score (nSPS) is 17.6. The maximum Gasteiger partial charge on any atom is 0.387 e. The van der Waals surface area contributed by atoms with Gasteiger partial charge in [0.25, 0.3) is 5.70 Å². The average Bonchev–Trinajstić information content (AvgIpc) is 2.45. The molecular weight excluding hydrogens is 316 g/mol. The second-order valence-corrected chi connectivity index (χ2v) is 4.59. The summed E-state index contributed by atoms with van der Waals surface area (Å²) in [5.74, 6) is -0.245. The summed E-state index contributed by atoms with van der Waals surface area (Å²) in [5, 5.41) is 15.9. The standard InChI is InChI=1S/C13H13F2N3O5/c1-6-11(18(20)21)10(17-13(19)16-6)7-3-4-8(23-12(14)15)9(5-7)22-2/h3-5,10,12H,1-2H3,(H2,16,17,19)/t10-/m1/s1. The molecule has 23 heavy (non-hydrogen) atoms. The number of methoxy groups -OCH3 is 1. The predicted octanol–water partition coefficient (Wildman–Crippen LogP) is 2.16. The average molecular weight is 329 g/mol. The number of rotatable bonds is 5. The lowest BCUT2D eigenvalue weighted by atomic mass is 10.0. The third-order valence-electron chi connectivity index (χ3n) is 3.17. The fraction of sp³-hybridized carbons (Fsp3) is 0.308. The van der Waals surface area contributed by atoms with Crippen LogP contribution < -0.4 is 20.1 Å².